The quantitative estimate of drug-likeness (QED) is 0.680. The molecule has 0 aromatic heterocycles. The minimum absolute atomic E-state index is 0.0892. The second-order valence-electron chi connectivity index (χ2n) is 7.21. The lowest BCUT2D eigenvalue weighted by molar-refractivity contribution is -0.123. The number of benzene rings is 2. The molecule has 0 saturated heterocycles. The fourth-order valence-corrected chi connectivity index (χ4v) is 2.96. The lowest BCUT2D eigenvalue weighted by atomic mass is 10.0. The molecule has 2 rings (SSSR count). The van der Waals surface area contributed by atoms with Crippen molar-refractivity contribution in [3.8, 4) is 5.75 Å². The molecule has 2 aromatic rings. The van der Waals surface area contributed by atoms with Crippen LogP contribution in [0.4, 0.5) is 5.69 Å². The van der Waals surface area contributed by atoms with Crippen LogP contribution < -0.4 is 15.4 Å². The van der Waals surface area contributed by atoms with Crippen LogP contribution in [0.2, 0.25) is 0 Å². The van der Waals surface area contributed by atoms with Gasteiger partial charge in [-0.05, 0) is 68.3 Å². The molecule has 0 fully saturated rings. The minimum Gasteiger partial charge on any atom is -0.497 e. The molecule has 0 unspecified atom stereocenters. The Hall–Kier alpha value is -2.86. The summed E-state index contributed by atoms with van der Waals surface area (Å²) < 4.78 is 5.11. The molecule has 0 spiro atoms. The third-order valence-electron chi connectivity index (χ3n) is 4.96. The third-order valence-corrected chi connectivity index (χ3v) is 4.96. The molecule has 29 heavy (non-hydrogen) atoms. The molecule has 1 atom stereocenters. The SMILES string of the molecule is CCN(CC(=O)Nc1ccc(OC)cc1)CC(=O)N[C@@H](C)c1ccc(C)c(C)c1. The van der Waals surface area contributed by atoms with E-state index in [2.05, 4.69) is 36.6 Å². The Morgan fingerprint density at radius 2 is 1.66 bits per heavy atom. The van der Waals surface area contributed by atoms with E-state index in [9.17, 15) is 9.59 Å². The first kappa shape index (κ1) is 22.4. The molecule has 0 bridgehead atoms. The van der Waals surface area contributed by atoms with Crippen molar-refractivity contribution in [2.24, 2.45) is 0 Å². The molecular weight excluding hydrogens is 366 g/mol. The van der Waals surface area contributed by atoms with E-state index in [0.29, 0.717) is 12.2 Å². The van der Waals surface area contributed by atoms with Crippen molar-refractivity contribution in [2.75, 3.05) is 32.1 Å². The van der Waals surface area contributed by atoms with Crippen molar-refractivity contribution in [3.63, 3.8) is 0 Å². The topological polar surface area (TPSA) is 70.7 Å². The fraction of sp³-hybridized carbons (Fsp3) is 0.391. The van der Waals surface area contributed by atoms with Gasteiger partial charge in [0.05, 0.1) is 26.2 Å². The number of rotatable bonds is 9. The van der Waals surface area contributed by atoms with Crippen LogP contribution >= 0.6 is 0 Å². The summed E-state index contributed by atoms with van der Waals surface area (Å²) in [7, 11) is 1.60. The molecule has 0 heterocycles. The van der Waals surface area contributed by atoms with Crippen LogP contribution in [0, 0.1) is 13.8 Å². The molecule has 0 aliphatic carbocycles. The number of carbonyl (C=O) groups excluding carboxylic acids is 2. The van der Waals surface area contributed by atoms with E-state index in [0.717, 1.165) is 11.3 Å². The molecule has 6 heteroatoms. The number of hydrogen-bond donors (Lipinski definition) is 2. The van der Waals surface area contributed by atoms with Crippen molar-refractivity contribution in [1.82, 2.24) is 10.2 Å². The molecule has 2 N–H and O–H groups in total. The van der Waals surface area contributed by atoms with E-state index in [4.69, 9.17) is 4.74 Å². The van der Waals surface area contributed by atoms with Crippen LogP contribution in [-0.4, -0.2) is 43.5 Å². The number of likely N-dealkylation sites (N-methyl/N-ethyl adjacent to an activating group) is 1. The van der Waals surface area contributed by atoms with E-state index in [1.165, 1.54) is 11.1 Å². The summed E-state index contributed by atoms with van der Waals surface area (Å²) >= 11 is 0. The highest BCUT2D eigenvalue weighted by Gasteiger charge is 2.16. The number of carbonyl (C=O) groups is 2. The Balaban J connectivity index is 1.86. The predicted molar refractivity (Wildman–Crippen MR) is 116 cm³/mol. The monoisotopic (exact) mass is 397 g/mol. The molecule has 0 aliphatic heterocycles. The first-order valence-electron chi connectivity index (χ1n) is 9.85. The zero-order valence-corrected chi connectivity index (χ0v) is 17.9. The van der Waals surface area contributed by atoms with Crippen molar-refractivity contribution in [1.29, 1.82) is 0 Å². The van der Waals surface area contributed by atoms with Crippen LogP contribution in [-0.2, 0) is 9.59 Å². The highest BCUT2D eigenvalue weighted by Crippen LogP contribution is 2.17. The van der Waals surface area contributed by atoms with Gasteiger partial charge in [0.2, 0.25) is 11.8 Å². The fourth-order valence-electron chi connectivity index (χ4n) is 2.96. The van der Waals surface area contributed by atoms with Gasteiger partial charge >= 0.3 is 0 Å². The molecular formula is C23H31N3O3. The Morgan fingerprint density at radius 1 is 1.00 bits per heavy atom. The van der Waals surface area contributed by atoms with E-state index >= 15 is 0 Å². The number of ether oxygens (including phenoxy) is 1. The number of anilines is 1. The molecule has 0 radical (unpaired) electrons. The summed E-state index contributed by atoms with van der Waals surface area (Å²) in [4.78, 5) is 26.6. The van der Waals surface area contributed by atoms with E-state index < -0.39 is 0 Å². The van der Waals surface area contributed by atoms with E-state index in [1.807, 2.05) is 19.9 Å². The lowest BCUT2D eigenvalue weighted by Crippen LogP contribution is -2.41. The van der Waals surface area contributed by atoms with Crippen molar-refractivity contribution in [2.45, 2.75) is 33.7 Å². The second kappa shape index (κ2) is 10.6. The predicted octanol–water partition coefficient (Wildman–Crippen LogP) is 3.45. The first-order chi connectivity index (χ1) is 13.8. The summed E-state index contributed by atoms with van der Waals surface area (Å²) in [6.07, 6.45) is 0. The van der Waals surface area contributed by atoms with Gasteiger partial charge in [-0.2, -0.15) is 0 Å². The smallest absolute Gasteiger partial charge is 0.238 e. The van der Waals surface area contributed by atoms with Gasteiger partial charge in [0.25, 0.3) is 0 Å². The van der Waals surface area contributed by atoms with Gasteiger partial charge in [-0.3, -0.25) is 14.5 Å². The van der Waals surface area contributed by atoms with Crippen LogP contribution in [0.3, 0.4) is 0 Å². The summed E-state index contributed by atoms with van der Waals surface area (Å²) in [5.74, 6) is 0.467. The average molecular weight is 398 g/mol. The van der Waals surface area contributed by atoms with Gasteiger partial charge in [-0.1, -0.05) is 25.1 Å². The zero-order valence-electron chi connectivity index (χ0n) is 17.9. The lowest BCUT2D eigenvalue weighted by Gasteiger charge is -2.21. The van der Waals surface area contributed by atoms with Crippen LogP contribution in [0.5, 0.6) is 5.75 Å². The average Bonchev–Trinajstić information content (AvgIpc) is 2.69. The van der Waals surface area contributed by atoms with Crippen molar-refractivity contribution >= 4 is 17.5 Å². The Kier molecular flexibility index (Phi) is 8.21. The standard InChI is InChI=1S/C23H31N3O3/c1-6-26(15-23(28)25-20-9-11-21(29-5)12-10-20)14-22(27)24-18(4)19-8-7-16(2)17(3)13-19/h7-13,18H,6,14-15H2,1-5H3,(H,24,27)(H,25,28)/t18-/m0/s1. The maximum absolute atomic E-state index is 12.5. The molecule has 0 saturated carbocycles. The number of nitrogens with zero attached hydrogens (tertiary/aromatic N) is 1. The van der Waals surface area contributed by atoms with Gasteiger partial charge in [0.15, 0.2) is 0 Å². The maximum atomic E-state index is 12.5. The second-order valence-corrected chi connectivity index (χ2v) is 7.21. The number of nitrogens with one attached hydrogen (secondary N) is 2. The molecule has 6 nitrogen and oxygen atoms in total. The summed E-state index contributed by atoms with van der Waals surface area (Å²) in [5, 5.41) is 5.86. The van der Waals surface area contributed by atoms with Gasteiger partial charge in [0, 0.05) is 5.69 Å². The summed E-state index contributed by atoms with van der Waals surface area (Å²) in [6, 6.07) is 13.2. The Morgan fingerprint density at radius 3 is 2.24 bits per heavy atom. The Bertz CT molecular complexity index is 834. The van der Waals surface area contributed by atoms with Crippen LogP contribution in [0.25, 0.3) is 0 Å². The highest BCUT2D eigenvalue weighted by atomic mass is 16.5. The summed E-state index contributed by atoms with van der Waals surface area (Å²) in [6.45, 7) is 8.94. The molecule has 0 aliphatic rings. The molecule has 2 aromatic carbocycles. The third kappa shape index (κ3) is 6.91. The zero-order chi connectivity index (χ0) is 21.4. The molecule has 2 amide bonds. The minimum atomic E-state index is -0.160. The van der Waals surface area contributed by atoms with Gasteiger partial charge in [-0.25, -0.2) is 0 Å². The van der Waals surface area contributed by atoms with Crippen molar-refractivity contribution in [3.05, 3.63) is 59.2 Å². The maximum Gasteiger partial charge on any atom is 0.238 e. The van der Waals surface area contributed by atoms with Gasteiger partial charge < -0.3 is 15.4 Å². The highest BCUT2D eigenvalue weighted by molar-refractivity contribution is 5.92. The number of amides is 2. The Labute approximate surface area is 173 Å². The van der Waals surface area contributed by atoms with E-state index in [-0.39, 0.29) is 30.9 Å². The number of aryl methyl sites for hydroxylation is 2. The van der Waals surface area contributed by atoms with Crippen LogP contribution in [0.15, 0.2) is 42.5 Å². The molecule has 156 valence electrons. The number of hydrogen-bond acceptors (Lipinski definition) is 4. The normalized spacial score (nSPS) is 11.8. The van der Waals surface area contributed by atoms with Gasteiger partial charge in [0.1, 0.15) is 5.75 Å². The van der Waals surface area contributed by atoms with Gasteiger partial charge in [-0.15, -0.1) is 0 Å². The van der Waals surface area contributed by atoms with E-state index in [1.54, 1.807) is 36.3 Å². The number of methoxy groups -OCH3 is 1. The summed E-state index contributed by atoms with van der Waals surface area (Å²) in [5.41, 5.74) is 4.20. The van der Waals surface area contributed by atoms with Crippen molar-refractivity contribution < 1.29 is 14.3 Å². The van der Waals surface area contributed by atoms with Crippen LogP contribution in [0.1, 0.15) is 36.6 Å². The largest absolute Gasteiger partial charge is 0.497 e. The first-order valence-corrected chi connectivity index (χ1v) is 9.85.